The number of carbonyl (C=O) groups excluding carboxylic acids is 2. The van der Waals surface area contributed by atoms with Crippen molar-refractivity contribution in [3.8, 4) is 0 Å². The zero-order valence-corrected chi connectivity index (χ0v) is 19.2. The van der Waals surface area contributed by atoms with Crippen LogP contribution in [0.4, 0.5) is 5.69 Å². The summed E-state index contributed by atoms with van der Waals surface area (Å²) in [6.07, 6.45) is 9.58. The highest BCUT2D eigenvalue weighted by atomic mass is 32.2. The Morgan fingerprint density at radius 2 is 1.77 bits per heavy atom. The van der Waals surface area contributed by atoms with E-state index < -0.39 is 0 Å². The van der Waals surface area contributed by atoms with Crippen molar-refractivity contribution in [3.63, 3.8) is 0 Å². The molecule has 6 heteroatoms. The van der Waals surface area contributed by atoms with Crippen molar-refractivity contribution >= 4 is 45.8 Å². The number of amides is 2. The van der Waals surface area contributed by atoms with Crippen molar-refractivity contribution in [2.45, 2.75) is 20.3 Å². The second-order valence-corrected chi connectivity index (χ2v) is 8.72. The summed E-state index contributed by atoms with van der Waals surface area (Å²) in [6, 6.07) is 17.8. The van der Waals surface area contributed by atoms with E-state index in [0.29, 0.717) is 15.8 Å². The van der Waals surface area contributed by atoms with Crippen LogP contribution in [-0.2, 0) is 16.0 Å². The minimum absolute atomic E-state index is 0.0652. The fraction of sp³-hybridized carbons (Fsp3) is 0.160. The Morgan fingerprint density at radius 1 is 1.06 bits per heavy atom. The maximum atomic E-state index is 12.7. The first-order chi connectivity index (χ1) is 15.0. The summed E-state index contributed by atoms with van der Waals surface area (Å²) in [6.45, 7) is 4.10. The number of thiocarbonyl (C=S) groups is 1. The number of rotatable bonds is 7. The van der Waals surface area contributed by atoms with Gasteiger partial charge < -0.3 is 0 Å². The fourth-order valence-electron chi connectivity index (χ4n) is 3.01. The van der Waals surface area contributed by atoms with Crippen LogP contribution in [0, 0.1) is 6.92 Å². The van der Waals surface area contributed by atoms with Crippen molar-refractivity contribution < 1.29 is 9.59 Å². The molecule has 1 aliphatic heterocycles. The first-order valence-electron chi connectivity index (χ1n) is 9.95. The lowest BCUT2D eigenvalue weighted by molar-refractivity contribution is -0.122. The molecule has 0 radical (unpaired) electrons. The molecule has 2 aromatic rings. The molecule has 1 fully saturated rings. The zero-order valence-electron chi connectivity index (χ0n) is 17.5. The van der Waals surface area contributed by atoms with Crippen LogP contribution in [-0.4, -0.2) is 27.6 Å². The first kappa shape index (κ1) is 22.7. The SMILES string of the molecule is CC(=O)N(C=CC=CC=C1SC(=S)N(CCc2ccccc2)C1=O)c1ccc(C)cc1. The van der Waals surface area contributed by atoms with Crippen molar-refractivity contribution in [1.82, 2.24) is 4.90 Å². The van der Waals surface area contributed by atoms with Gasteiger partial charge in [0.2, 0.25) is 5.91 Å². The van der Waals surface area contributed by atoms with E-state index >= 15 is 0 Å². The molecular formula is C25H24N2O2S2. The topological polar surface area (TPSA) is 40.6 Å². The predicted octanol–water partition coefficient (Wildman–Crippen LogP) is 5.40. The maximum absolute atomic E-state index is 12.7. The summed E-state index contributed by atoms with van der Waals surface area (Å²) >= 11 is 6.70. The average Bonchev–Trinajstić information content (AvgIpc) is 3.03. The van der Waals surface area contributed by atoms with Gasteiger partial charge >= 0.3 is 0 Å². The van der Waals surface area contributed by atoms with E-state index in [1.54, 1.807) is 40.3 Å². The third kappa shape index (κ3) is 6.26. The van der Waals surface area contributed by atoms with Crippen LogP contribution >= 0.6 is 24.0 Å². The molecule has 0 aromatic heterocycles. The lowest BCUT2D eigenvalue weighted by atomic mass is 10.1. The van der Waals surface area contributed by atoms with Crippen LogP contribution in [0.5, 0.6) is 0 Å². The van der Waals surface area contributed by atoms with Crippen molar-refractivity contribution in [1.29, 1.82) is 0 Å². The quantitative estimate of drug-likeness (QED) is 0.323. The second kappa shape index (κ2) is 10.9. The van der Waals surface area contributed by atoms with Crippen LogP contribution in [0.1, 0.15) is 18.1 Å². The van der Waals surface area contributed by atoms with Gasteiger partial charge in [-0.3, -0.25) is 19.4 Å². The number of nitrogens with zero attached hydrogens (tertiary/aromatic N) is 2. The molecule has 1 saturated heterocycles. The van der Waals surface area contributed by atoms with Crippen LogP contribution in [0.15, 0.2) is 90.0 Å². The molecule has 0 N–H and O–H groups in total. The molecule has 158 valence electrons. The van der Waals surface area contributed by atoms with Gasteiger partial charge in [0.15, 0.2) is 0 Å². The zero-order chi connectivity index (χ0) is 22.2. The molecule has 4 nitrogen and oxygen atoms in total. The number of anilines is 1. The van der Waals surface area contributed by atoms with E-state index in [1.165, 1.54) is 24.2 Å². The van der Waals surface area contributed by atoms with Crippen LogP contribution in [0.3, 0.4) is 0 Å². The summed E-state index contributed by atoms with van der Waals surface area (Å²) in [5, 5.41) is 0. The van der Waals surface area contributed by atoms with Gasteiger partial charge in [0.25, 0.3) is 5.91 Å². The number of benzene rings is 2. The molecule has 0 spiro atoms. The molecule has 1 heterocycles. The van der Waals surface area contributed by atoms with Gasteiger partial charge in [0, 0.05) is 25.4 Å². The van der Waals surface area contributed by atoms with Crippen molar-refractivity contribution in [2.75, 3.05) is 11.4 Å². The third-order valence-electron chi connectivity index (χ3n) is 4.70. The first-order valence-corrected chi connectivity index (χ1v) is 11.2. The van der Waals surface area contributed by atoms with E-state index in [2.05, 4.69) is 0 Å². The Labute approximate surface area is 192 Å². The standard InChI is InChI=1S/C25H24N2O2S2/c1-19-12-14-22(15-13-19)26(20(2)28)17-8-4-7-11-23-24(29)27(25(30)31-23)18-16-21-9-5-3-6-10-21/h3-15,17H,16,18H2,1-2H3. The van der Waals surface area contributed by atoms with Gasteiger partial charge in [-0.15, -0.1) is 0 Å². The Kier molecular flexibility index (Phi) is 7.98. The number of aryl methyl sites for hydroxylation is 1. The van der Waals surface area contributed by atoms with E-state index in [4.69, 9.17) is 12.2 Å². The van der Waals surface area contributed by atoms with Crippen LogP contribution in [0.25, 0.3) is 0 Å². The maximum Gasteiger partial charge on any atom is 0.266 e. The fourth-order valence-corrected chi connectivity index (χ4v) is 4.27. The minimum Gasteiger partial charge on any atom is -0.293 e. The average molecular weight is 449 g/mol. The molecule has 0 saturated carbocycles. The van der Waals surface area contributed by atoms with Gasteiger partial charge in [-0.2, -0.15) is 0 Å². The highest BCUT2D eigenvalue weighted by Crippen LogP contribution is 2.31. The van der Waals surface area contributed by atoms with Crippen molar-refractivity contribution in [3.05, 3.63) is 101 Å². The summed E-state index contributed by atoms with van der Waals surface area (Å²) in [7, 11) is 0. The van der Waals surface area contributed by atoms with Crippen LogP contribution < -0.4 is 4.90 Å². The Hall–Kier alpha value is -2.96. The Balaban J connectivity index is 1.60. The monoisotopic (exact) mass is 448 g/mol. The normalized spacial score (nSPS) is 15.5. The third-order valence-corrected chi connectivity index (χ3v) is 6.09. The lowest BCUT2D eigenvalue weighted by Crippen LogP contribution is -2.30. The highest BCUT2D eigenvalue weighted by molar-refractivity contribution is 8.26. The van der Waals surface area contributed by atoms with E-state index in [0.717, 1.165) is 17.7 Å². The van der Waals surface area contributed by atoms with E-state index in [-0.39, 0.29) is 11.8 Å². The van der Waals surface area contributed by atoms with E-state index in [9.17, 15) is 9.59 Å². The van der Waals surface area contributed by atoms with Gasteiger partial charge in [0.1, 0.15) is 4.32 Å². The number of hydrogen-bond donors (Lipinski definition) is 0. The molecule has 2 amide bonds. The summed E-state index contributed by atoms with van der Waals surface area (Å²) < 4.78 is 0.582. The molecule has 3 rings (SSSR count). The highest BCUT2D eigenvalue weighted by Gasteiger charge is 2.31. The van der Waals surface area contributed by atoms with Gasteiger partial charge in [-0.25, -0.2) is 0 Å². The minimum atomic E-state index is -0.0761. The number of allylic oxidation sites excluding steroid dienone is 4. The molecule has 0 unspecified atom stereocenters. The summed E-state index contributed by atoms with van der Waals surface area (Å²) in [5.41, 5.74) is 3.12. The summed E-state index contributed by atoms with van der Waals surface area (Å²) in [4.78, 5) is 28.4. The molecule has 2 aromatic carbocycles. The lowest BCUT2D eigenvalue weighted by Gasteiger charge is -2.16. The molecule has 0 aliphatic carbocycles. The number of thioether (sulfide) groups is 1. The van der Waals surface area contributed by atoms with Crippen molar-refractivity contribution in [2.24, 2.45) is 0 Å². The molecule has 0 atom stereocenters. The van der Waals surface area contributed by atoms with Gasteiger partial charge in [0.05, 0.1) is 4.91 Å². The molecular weight excluding hydrogens is 424 g/mol. The molecule has 1 aliphatic rings. The number of carbonyl (C=O) groups is 2. The Morgan fingerprint density at radius 3 is 2.45 bits per heavy atom. The predicted molar refractivity (Wildman–Crippen MR) is 133 cm³/mol. The van der Waals surface area contributed by atoms with Gasteiger partial charge in [-0.05, 0) is 43.2 Å². The molecule has 0 bridgehead atoms. The largest absolute Gasteiger partial charge is 0.293 e. The molecule has 31 heavy (non-hydrogen) atoms. The van der Waals surface area contributed by atoms with Crippen LogP contribution in [0.2, 0.25) is 0 Å². The summed E-state index contributed by atoms with van der Waals surface area (Å²) in [5.74, 6) is -0.141. The second-order valence-electron chi connectivity index (χ2n) is 7.04. The van der Waals surface area contributed by atoms with Gasteiger partial charge in [-0.1, -0.05) is 84.2 Å². The smallest absolute Gasteiger partial charge is 0.266 e. The van der Waals surface area contributed by atoms with E-state index in [1.807, 2.05) is 61.5 Å². The Bertz CT molecular complexity index is 1040. The number of hydrogen-bond acceptors (Lipinski definition) is 4.